The maximum Gasteiger partial charge on any atom is 0.242 e. The van der Waals surface area contributed by atoms with Crippen molar-refractivity contribution in [1.82, 2.24) is 0 Å². The van der Waals surface area contributed by atoms with E-state index in [1.807, 2.05) is 43.3 Å². The molecule has 3 rings (SSSR count). The molecule has 3 nitrogen and oxygen atoms in total. The molecule has 0 saturated carbocycles. The second-order valence-electron chi connectivity index (χ2n) is 7.42. The molecule has 0 saturated heterocycles. The monoisotopic (exact) mass is 484 g/mol. The molecule has 0 amide bonds. The first kappa shape index (κ1) is 20.9. The summed E-state index contributed by atoms with van der Waals surface area (Å²) in [6.45, 7) is 11.9. The van der Waals surface area contributed by atoms with Crippen LogP contribution in [0.1, 0.15) is 32.8 Å². The number of para-hydroxylation sites is 1. The molecule has 0 fully saturated rings. The van der Waals surface area contributed by atoms with E-state index in [-0.39, 0.29) is 13.0 Å². The number of sulfonamides is 1. The molecule has 0 aliphatic heterocycles. The summed E-state index contributed by atoms with van der Waals surface area (Å²) < 4.78 is 38.6. The van der Waals surface area contributed by atoms with Gasteiger partial charge in [-0.25, -0.2) is 8.42 Å². The van der Waals surface area contributed by atoms with Crippen molar-refractivity contribution in [2.24, 2.45) is 0 Å². The van der Waals surface area contributed by atoms with Crippen LogP contribution >= 0.6 is 15.9 Å². The molecule has 0 N–H and O–H groups in total. The summed E-state index contributed by atoms with van der Waals surface area (Å²) in [4.78, 5) is 0. The van der Waals surface area contributed by atoms with E-state index in [2.05, 4.69) is 29.1 Å². The minimum atomic E-state index is -4.08. The van der Waals surface area contributed by atoms with E-state index in [0.717, 1.165) is 15.6 Å². The fourth-order valence-corrected chi connectivity index (χ4v) is 5.14. The molecule has 1 aliphatic carbocycles. The van der Waals surface area contributed by atoms with Gasteiger partial charge in [-0.3, -0.25) is 4.31 Å². The predicted molar refractivity (Wildman–Crippen MR) is 131 cm³/mol. The van der Waals surface area contributed by atoms with Crippen molar-refractivity contribution in [1.29, 1.82) is 0 Å². The highest BCUT2D eigenvalue weighted by Crippen LogP contribution is 2.34. The molecule has 1 unspecified atom stereocenters. The summed E-state index contributed by atoms with van der Waals surface area (Å²) >= 11 is 3.44. The number of allylic oxidation sites excluding steroid dienone is 3. The number of anilines is 1. The number of benzene rings is 2. The Kier molecular flexibility index (Phi) is 6.40. The van der Waals surface area contributed by atoms with E-state index < -0.39 is 15.2 Å². The Morgan fingerprint density at radius 2 is 1.87 bits per heavy atom. The molecule has 0 heterocycles. The highest BCUT2D eigenvalue weighted by atomic mass is 79.9. The first-order valence-corrected chi connectivity index (χ1v) is 11.9. The molecule has 156 valence electrons. The Morgan fingerprint density at radius 3 is 2.47 bits per heavy atom. The fourth-order valence-electron chi connectivity index (χ4n) is 3.25. The molecule has 0 aromatic heterocycles. The van der Waals surface area contributed by atoms with Crippen molar-refractivity contribution in [2.45, 2.75) is 25.5 Å². The van der Waals surface area contributed by atoms with Crippen LogP contribution < -0.4 is 4.31 Å². The number of rotatable bonds is 7. The van der Waals surface area contributed by atoms with Crippen LogP contribution in [0.3, 0.4) is 0 Å². The first-order valence-electron chi connectivity index (χ1n) is 10.1. The van der Waals surface area contributed by atoms with Gasteiger partial charge >= 0.3 is 0 Å². The van der Waals surface area contributed by atoms with Gasteiger partial charge in [0.15, 0.2) is 0 Å². The van der Waals surface area contributed by atoms with Gasteiger partial charge in [0.2, 0.25) is 10.0 Å². The van der Waals surface area contributed by atoms with E-state index in [1.54, 1.807) is 31.2 Å². The van der Waals surface area contributed by atoms with Gasteiger partial charge in [0, 0.05) is 10.0 Å². The van der Waals surface area contributed by atoms with E-state index in [0.29, 0.717) is 22.4 Å². The topological polar surface area (TPSA) is 37.4 Å². The van der Waals surface area contributed by atoms with E-state index >= 15 is 0 Å². The van der Waals surface area contributed by atoms with Gasteiger partial charge < -0.3 is 0 Å². The second kappa shape index (κ2) is 9.19. The predicted octanol–water partition coefficient (Wildman–Crippen LogP) is 6.50. The lowest BCUT2D eigenvalue weighted by Crippen LogP contribution is -2.40. The summed E-state index contributed by atoms with van der Waals surface area (Å²) in [6, 6.07) is 15.0. The van der Waals surface area contributed by atoms with Gasteiger partial charge in [-0.2, -0.15) is 0 Å². The Hall–Kier alpha value is -2.37. The van der Waals surface area contributed by atoms with Crippen molar-refractivity contribution < 1.29 is 9.79 Å². The number of hydrogen-bond acceptors (Lipinski definition) is 2. The van der Waals surface area contributed by atoms with Gasteiger partial charge in [-0.15, -0.1) is 0 Å². The van der Waals surface area contributed by atoms with Gasteiger partial charge in [0.25, 0.3) is 0 Å². The second-order valence-corrected chi connectivity index (χ2v) is 10.3. The van der Waals surface area contributed by atoms with Crippen molar-refractivity contribution >= 4 is 37.2 Å². The minimum Gasteiger partial charge on any atom is -0.265 e. The summed E-state index contributed by atoms with van der Waals surface area (Å²) in [5, 5.41) is -1.78. The molecule has 2 aromatic carbocycles. The minimum absolute atomic E-state index is 0.0874. The van der Waals surface area contributed by atoms with Gasteiger partial charge in [0.05, 0.1) is 13.6 Å². The summed E-state index contributed by atoms with van der Waals surface area (Å²) in [5.74, 6) is 0. The molecule has 5 heteroatoms. The standard InChI is InChI=1S/C25H26BrNO2S/c1-18(2)17-27(30(28,29)23-15-9-19(3)10-16-23)25-8-6-5-7-24(25)20(4)21-11-13-22(26)14-12-21/h5-15,23H,1,4,16-17H2,2-3H3/i23D. The fraction of sp³-hybridized carbons (Fsp3) is 0.200. The normalized spacial score (nSPS) is 19.0. The van der Waals surface area contributed by atoms with Crippen LogP contribution in [-0.2, 0) is 10.0 Å². The van der Waals surface area contributed by atoms with Crippen LogP contribution in [0.2, 0.25) is 0 Å². The lowest BCUT2D eigenvalue weighted by molar-refractivity contribution is 0.584. The van der Waals surface area contributed by atoms with Crippen LogP contribution in [0.4, 0.5) is 5.69 Å². The number of halogens is 1. The SMILES string of the molecule is [2H]C1(S(=O)(=O)N(CC(=C)C)c2ccccc2C(=C)c2ccc(Br)cc2)C=CC(C)=CC1. The Balaban J connectivity index is 2.13. The lowest BCUT2D eigenvalue weighted by atomic mass is 9.98. The average Bonchev–Trinajstić information content (AvgIpc) is 2.74. The van der Waals surface area contributed by atoms with Crippen LogP contribution in [0.5, 0.6) is 0 Å². The summed E-state index contributed by atoms with van der Waals surface area (Å²) in [7, 11) is -4.08. The van der Waals surface area contributed by atoms with Crippen molar-refractivity contribution in [2.75, 3.05) is 10.8 Å². The molecule has 1 atom stereocenters. The highest BCUT2D eigenvalue weighted by molar-refractivity contribution is 9.10. The zero-order chi connectivity index (χ0) is 22.8. The maximum absolute atomic E-state index is 13.8. The van der Waals surface area contributed by atoms with Crippen LogP contribution in [0.25, 0.3) is 5.57 Å². The third kappa shape index (κ3) is 4.85. The molecular weight excluding hydrogens is 458 g/mol. The zero-order valence-corrected chi connectivity index (χ0v) is 19.6. The Bertz CT molecular complexity index is 1180. The molecular formula is C25H26BrNO2S. The van der Waals surface area contributed by atoms with Crippen LogP contribution in [0.15, 0.2) is 95.5 Å². The quantitative estimate of drug-likeness (QED) is 0.420. The van der Waals surface area contributed by atoms with E-state index in [1.165, 1.54) is 10.4 Å². The number of hydrogen-bond donors (Lipinski definition) is 0. The van der Waals surface area contributed by atoms with Gasteiger partial charge in [-0.05, 0) is 49.6 Å². The molecule has 0 spiro atoms. The smallest absolute Gasteiger partial charge is 0.242 e. The largest absolute Gasteiger partial charge is 0.265 e. The summed E-state index contributed by atoms with van der Waals surface area (Å²) in [6.07, 6.45) is 5.05. The third-order valence-corrected chi connectivity index (χ3v) is 7.28. The Labute approximate surface area is 189 Å². The highest BCUT2D eigenvalue weighted by Gasteiger charge is 2.32. The zero-order valence-electron chi connectivity index (χ0n) is 18.2. The molecule has 2 aromatic rings. The molecule has 0 radical (unpaired) electrons. The third-order valence-electron chi connectivity index (χ3n) is 4.88. The van der Waals surface area contributed by atoms with E-state index in [9.17, 15) is 8.42 Å². The van der Waals surface area contributed by atoms with Crippen molar-refractivity contribution in [3.8, 4) is 0 Å². The van der Waals surface area contributed by atoms with Crippen molar-refractivity contribution in [3.63, 3.8) is 0 Å². The average molecular weight is 485 g/mol. The molecule has 1 aliphatic rings. The molecule has 30 heavy (non-hydrogen) atoms. The van der Waals surface area contributed by atoms with Crippen molar-refractivity contribution in [3.05, 3.63) is 107 Å². The van der Waals surface area contributed by atoms with E-state index in [4.69, 9.17) is 1.37 Å². The lowest BCUT2D eigenvalue weighted by Gasteiger charge is -2.31. The van der Waals surface area contributed by atoms with Crippen LogP contribution in [-0.4, -0.2) is 20.2 Å². The van der Waals surface area contributed by atoms with Crippen LogP contribution in [0, 0.1) is 0 Å². The van der Waals surface area contributed by atoms with Gasteiger partial charge in [-0.1, -0.05) is 88.8 Å². The summed E-state index contributed by atoms with van der Waals surface area (Å²) in [5.41, 5.74) is 4.42. The van der Waals surface area contributed by atoms with Gasteiger partial charge in [0.1, 0.15) is 5.23 Å². The molecule has 0 bridgehead atoms. The maximum atomic E-state index is 13.8. The Morgan fingerprint density at radius 1 is 1.20 bits per heavy atom. The number of nitrogens with zero attached hydrogens (tertiary/aromatic N) is 1. The first-order chi connectivity index (χ1) is 14.5.